The normalized spacial score (nSPS) is 10.7. The van der Waals surface area contributed by atoms with Gasteiger partial charge in [-0.25, -0.2) is 4.39 Å². The fourth-order valence-electron chi connectivity index (χ4n) is 1.37. The molecule has 2 aromatic rings. The Bertz CT molecular complexity index is 585. The first-order chi connectivity index (χ1) is 8.52. The molecule has 0 unspecified atom stereocenters. The van der Waals surface area contributed by atoms with Gasteiger partial charge in [0, 0.05) is 23.7 Å². The molecule has 0 atom stereocenters. The number of rotatable bonds is 3. The van der Waals surface area contributed by atoms with Crippen molar-refractivity contribution in [1.82, 2.24) is 14.8 Å². The Hall–Kier alpha value is -1.76. The summed E-state index contributed by atoms with van der Waals surface area (Å²) >= 11 is 1.32. The van der Waals surface area contributed by atoms with Gasteiger partial charge in [-0.15, -0.1) is 10.2 Å². The quantitative estimate of drug-likeness (QED) is 0.862. The van der Waals surface area contributed by atoms with E-state index < -0.39 is 5.82 Å². The monoisotopic (exact) mass is 268 g/mol. The molecule has 0 saturated carbocycles. The predicted octanol–water partition coefficient (Wildman–Crippen LogP) is 2.00. The molecule has 7 heteroatoms. The number of aryl methyl sites for hydroxylation is 1. The zero-order chi connectivity index (χ0) is 13.3. The van der Waals surface area contributed by atoms with Gasteiger partial charge in [-0.1, -0.05) is 0 Å². The van der Waals surface area contributed by atoms with E-state index in [0.717, 1.165) is 5.82 Å². The fraction of sp³-hybridized carbons (Fsp3) is 0.273. The maximum absolute atomic E-state index is 13.4. The molecule has 0 aliphatic carbocycles. The summed E-state index contributed by atoms with van der Waals surface area (Å²) in [5, 5.41) is 8.65. The first-order valence-corrected chi connectivity index (χ1v) is 6.01. The van der Waals surface area contributed by atoms with Crippen molar-refractivity contribution in [1.29, 1.82) is 0 Å². The molecule has 0 aliphatic heterocycles. The second-order valence-corrected chi connectivity index (χ2v) is 4.72. The molecule has 0 fully saturated rings. The van der Waals surface area contributed by atoms with Gasteiger partial charge in [0.05, 0.1) is 7.11 Å². The Labute approximate surface area is 108 Å². The summed E-state index contributed by atoms with van der Waals surface area (Å²) in [6, 6.07) is 2.80. The number of ether oxygens (including phenoxy) is 1. The van der Waals surface area contributed by atoms with Gasteiger partial charge >= 0.3 is 0 Å². The Morgan fingerprint density at radius 2 is 2.11 bits per heavy atom. The lowest BCUT2D eigenvalue weighted by atomic mass is 10.3. The molecule has 1 heterocycles. The summed E-state index contributed by atoms with van der Waals surface area (Å²) in [5.41, 5.74) is 6.12. The van der Waals surface area contributed by atoms with Crippen LogP contribution in [-0.4, -0.2) is 21.9 Å². The van der Waals surface area contributed by atoms with E-state index in [4.69, 9.17) is 10.5 Å². The number of nitrogens with two attached hydrogens (primary N) is 1. The third-order valence-electron chi connectivity index (χ3n) is 2.54. The summed E-state index contributed by atoms with van der Waals surface area (Å²) in [4.78, 5) is 0.684. The van der Waals surface area contributed by atoms with E-state index in [0.29, 0.717) is 15.7 Å². The number of anilines is 1. The molecular formula is C11H13FN4OS. The molecule has 1 aromatic heterocycles. The maximum atomic E-state index is 13.4. The van der Waals surface area contributed by atoms with Crippen molar-refractivity contribution in [2.75, 3.05) is 12.8 Å². The molecule has 0 radical (unpaired) electrons. The Kier molecular flexibility index (Phi) is 3.42. The van der Waals surface area contributed by atoms with Gasteiger partial charge < -0.3 is 15.0 Å². The summed E-state index contributed by atoms with van der Waals surface area (Å²) in [7, 11) is 3.27. The summed E-state index contributed by atoms with van der Waals surface area (Å²) in [5.74, 6) is 0.476. The third-order valence-corrected chi connectivity index (χ3v) is 3.65. The smallest absolute Gasteiger partial charge is 0.195 e. The molecule has 0 saturated heterocycles. The maximum Gasteiger partial charge on any atom is 0.195 e. The highest BCUT2D eigenvalue weighted by molar-refractivity contribution is 7.99. The molecule has 5 nitrogen and oxygen atoms in total. The van der Waals surface area contributed by atoms with Crippen LogP contribution in [0.2, 0.25) is 0 Å². The van der Waals surface area contributed by atoms with Crippen molar-refractivity contribution in [2.24, 2.45) is 7.05 Å². The highest BCUT2D eigenvalue weighted by atomic mass is 32.2. The lowest BCUT2D eigenvalue weighted by molar-refractivity contribution is 0.385. The number of nitrogen functional groups attached to an aromatic ring is 1. The van der Waals surface area contributed by atoms with Gasteiger partial charge in [0.1, 0.15) is 5.82 Å². The molecular weight excluding hydrogens is 255 g/mol. The second kappa shape index (κ2) is 4.85. The second-order valence-electron chi connectivity index (χ2n) is 3.72. The lowest BCUT2D eigenvalue weighted by Gasteiger charge is -2.08. The van der Waals surface area contributed by atoms with Crippen molar-refractivity contribution in [3.63, 3.8) is 0 Å². The van der Waals surface area contributed by atoms with E-state index in [2.05, 4.69) is 10.2 Å². The average molecular weight is 268 g/mol. The largest absolute Gasteiger partial charge is 0.494 e. The molecule has 2 N–H and O–H groups in total. The molecule has 0 amide bonds. The van der Waals surface area contributed by atoms with Crippen LogP contribution in [0.25, 0.3) is 0 Å². The van der Waals surface area contributed by atoms with E-state index >= 15 is 0 Å². The minimum absolute atomic E-state index is 0.158. The predicted molar refractivity (Wildman–Crippen MR) is 67.2 cm³/mol. The lowest BCUT2D eigenvalue weighted by Crippen LogP contribution is -1.97. The summed E-state index contributed by atoms with van der Waals surface area (Å²) in [6.07, 6.45) is 0. The molecule has 18 heavy (non-hydrogen) atoms. The first-order valence-electron chi connectivity index (χ1n) is 5.19. The van der Waals surface area contributed by atoms with Crippen LogP contribution in [0.15, 0.2) is 22.2 Å². The minimum Gasteiger partial charge on any atom is -0.494 e. The standard InChI is InChI=1S/C11H13FN4OS/c1-6-14-15-11(16(6)2)18-10-5-9(17-3)7(12)4-8(10)13/h4-5H,13H2,1-3H3. The van der Waals surface area contributed by atoms with Gasteiger partial charge in [0.2, 0.25) is 0 Å². The topological polar surface area (TPSA) is 66.0 Å². The number of benzene rings is 1. The fourth-order valence-corrected chi connectivity index (χ4v) is 2.26. The molecule has 0 spiro atoms. The van der Waals surface area contributed by atoms with Gasteiger partial charge in [0.15, 0.2) is 16.7 Å². The van der Waals surface area contributed by atoms with Crippen LogP contribution in [0.1, 0.15) is 5.82 Å². The Morgan fingerprint density at radius 3 is 2.67 bits per heavy atom. The number of hydrogen-bond donors (Lipinski definition) is 1. The number of methoxy groups -OCH3 is 1. The molecule has 0 bridgehead atoms. The summed E-state index contributed by atoms with van der Waals surface area (Å²) < 4.78 is 20.2. The Balaban J connectivity index is 2.37. The van der Waals surface area contributed by atoms with E-state index in [-0.39, 0.29) is 5.75 Å². The highest BCUT2D eigenvalue weighted by Crippen LogP contribution is 2.35. The van der Waals surface area contributed by atoms with Crippen molar-refractivity contribution >= 4 is 17.4 Å². The third kappa shape index (κ3) is 2.26. The van der Waals surface area contributed by atoms with E-state index in [9.17, 15) is 4.39 Å². The van der Waals surface area contributed by atoms with Crippen LogP contribution in [0.3, 0.4) is 0 Å². The van der Waals surface area contributed by atoms with E-state index in [1.165, 1.54) is 24.9 Å². The Morgan fingerprint density at radius 1 is 1.39 bits per heavy atom. The number of hydrogen-bond acceptors (Lipinski definition) is 5. The van der Waals surface area contributed by atoms with Crippen LogP contribution in [0.5, 0.6) is 5.75 Å². The molecule has 96 valence electrons. The number of nitrogens with zero attached hydrogens (tertiary/aromatic N) is 3. The van der Waals surface area contributed by atoms with Crippen molar-refractivity contribution < 1.29 is 9.13 Å². The van der Waals surface area contributed by atoms with Crippen molar-refractivity contribution in [3.05, 3.63) is 23.8 Å². The number of aromatic nitrogens is 3. The zero-order valence-corrected chi connectivity index (χ0v) is 11.1. The molecule has 0 aliphatic rings. The van der Waals surface area contributed by atoms with Gasteiger partial charge in [-0.2, -0.15) is 0 Å². The summed E-state index contributed by atoms with van der Waals surface area (Å²) in [6.45, 7) is 1.85. The average Bonchev–Trinajstić information content (AvgIpc) is 2.64. The van der Waals surface area contributed by atoms with Crippen molar-refractivity contribution in [2.45, 2.75) is 17.0 Å². The van der Waals surface area contributed by atoms with Gasteiger partial charge in [0.25, 0.3) is 0 Å². The molecule has 2 rings (SSSR count). The van der Waals surface area contributed by atoms with E-state index in [1.54, 1.807) is 6.07 Å². The number of halogens is 1. The van der Waals surface area contributed by atoms with Crippen LogP contribution in [0, 0.1) is 12.7 Å². The van der Waals surface area contributed by atoms with Gasteiger partial charge in [-0.3, -0.25) is 0 Å². The van der Waals surface area contributed by atoms with Crippen LogP contribution in [-0.2, 0) is 7.05 Å². The van der Waals surface area contributed by atoms with Crippen LogP contribution in [0.4, 0.5) is 10.1 Å². The van der Waals surface area contributed by atoms with Crippen molar-refractivity contribution in [3.8, 4) is 5.75 Å². The van der Waals surface area contributed by atoms with E-state index in [1.807, 2.05) is 18.5 Å². The highest BCUT2D eigenvalue weighted by Gasteiger charge is 2.13. The van der Waals surface area contributed by atoms with Crippen LogP contribution >= 0.6 is 11.8 Å². The first kappa shape index (κ1) is 12.7. The molecule has 1 aromatic carbocycles. The minimum atomic E-state index is -0.478. The SMILES string of the molecule is COc1cc(Sc2nnc(C)n2C)c(N)cc1F. The zero-order valence-electron chi connectivity index (χ0n) is 10.3. The van der Waals surface area contributed by atoms with Crippen LogP contribution < -0.4 is 10.5 Å². The van der Waals surface area contributed by atoms with Gasteiger partial charge in [-0.05, 0) is 24.8 Å².